The first kappa shape index (κ1) is 25.1. The van der Waals surface area contributed by atoms with Gasteiger partial charge in [-0.05, 0) is 42.3 Å². The number of rotatable bonds is 7. The predicted molar refractivity (Wildman–Crippen MR) is 129 cm³/mol. The first-order valence-electron chi connectivity index (χ1n) is 9.66. The largest absolute Gasteiger partial charge is 0.324 e. The van der Waals surface area contributed by atoms with Crippen LogP contribution in [-0.2, 0) is 16.4 Å². The molecule has 2 N–H and O–H groups in total. The van der Waals surface area contributed by atoms with Crippen LogP contribution in [0.4, 0.5) is 11.4 Å². The highest BCUT2D eigenvalue weighted by atomic mass is 35.5. The number of benzene rings is 3. The topological polar surface area (TPSA) is 84.8 Å². The van der Waals surface area contributed by atoms with Gasteiger partial charge in [-0.15, -0.1) is 12.4 Å². The molecule has 166 valence electrons. The van der Waals surface area contributed by atoms with Crippen molar-refractivity contribution in [2.75, 3.05) is 11.4 Å². The van der Waals surface area contributed by atoms with Gasteiger partial charge in [0.05, 0.1) is 17.2 Å². The van der Waals surface area contributed by atoms with Crippen LogP contribution in [0.15, 0.2) is 77.7 Å². The van der Waals surface area contributed by atoms with Crippen LogP contribution < -0.4 is 10.0 Å². The summed E-state index contributed by atoms with van der Waals surface area (Å²) in [6.45, 7) is 8.85. The molecule has 0 heterocycles. The van der Waals surface area contributed by atoms with E-state index in [4.69, 9.17) is 12.3 Å². The number of nitrogens with zero attached hydrogens (tertiary/aromatic N) is 2. The molecular weight excluding hydrogens is 446 g/mol. The number of sulfonamides is 1. The zero-order chi connectivity index (χ0) is 22.6. The Morgan fingerprint density at radius 1 is 1.06 bits per heavy atom. The molecule has 0 aliphatic rings. The molecule has 1 atom stereocenters. The van der Waals surface area contributed by atoms with Crippen molar-refractivity contribution in [3.8, 4) is 0 Å². The second-order valence-electron chi connectivity index (χ2n) is 7.26. The smallest absolute Gasteiger partial charge is 0.264 e. The fourth-order valence-corrected chi connectivity index (χ4v) is 4.33. The molecule has 0 fully saturated rings. The molecule has 0 spiro atoms. The number of hydrogen-bond donors (Lipinski definition) is 1. The second-order valence-corrected chi connectivity index (χ2v) is 9.23. The van der Waals surface area contributed by atoms with Gasteiger partial charge in [0, 0.05) is 25.1 Å². The molecule has 8 heteroatoms. The van der Waals surface area contributed by atoms with Gasteiger partial charge in [-0.2, -0.15) is 0 Å². The average Bonchev–Trinajstić information content (AvgIpc) is 2.79. The van der Waals surface area contributed by atoms with Crippen LogP contribution in [0.25, 0.3) is 4.85 Å². The molecule has 0 saturated heterocycles. The Labute approximate surface area is 195 Å². The Morgan fingerprint density at radius 2 is 1.69 bits per heavy atom. The van der Waals surface area contributed by atoms with E-state index in [-0.39, 0.29) is 35.5 Å². The lowest BCUT2D eigenvalue weighted by atomic mass is 10.0. The summed E-state index contributed by atoms with van der Waals surface area (Å²) in [5, 5.41) is 0. The third-order valence-electron chi connectivity index (χ3n) is 5.03. The van der Waals surface area contributed by atoms with Crippen LogP contribution in [0.1, 0.15) is 34.5 Å². The van der Waals surface area contributed by atoms with Gasteiger partial charge in [-0.25, -0.2) is 13.3 Å². The highest BCUT2D eigenvalue weighted by Crippen LogP contribution is 2.24. The van der Waals surface area contributed by atoms with Crippen molar-refractivity contribution < 1.29 is 13.2 Å². The van der Waals surface area contributed by atoms with E-state index >= 15 is 0 Å². The maximum absolute atomic E-state index is 13.1. The Balaban J connectivity index is 0.00000363. The minimum Gasteiger partial charge on any atom is -0.324 e. The maximum atomic E-state index is 13.1. The van der Waals surface area contributed by atoms with Crippen LogP contribution >= 0.6 is 12.4 Å². The summed E-state index contributed by atoms with van der Waals surface area (Å²) in [6, 6.07) is 19.7. The number of nitrogens with two attached hydrogens (primary N) is 1. The summed E-state index contributed by atoms with van der Waals surface area (Å²) < 4.78 is 27.4. The van der Waals surface area contributed by atoms with Crippen LogP contribution in [0.5, 0.6) is 0 Å². The van der Waals surface area contributed by atoms with Crippen LogP contribution in [0, 0.1) is 6.57 Å². The highest BCUT2D eigenvalue weighted by molar-refractivity contribution is 7.92. The molecule has 3 rings (SSSR count). The van der Waals surface area contributed by atoms with E-state index in [1.54, 1.807) is 60.7 Å². The van der Waals surface area contributed by atoms with Gasteiger partial charge in [0.25, 0.3) is 10.0 Å². The summed E-state index contributed by atoms with van der Waals surface area (Å²) in [5.41, 5.74) is 8.84. The standard InChI is InChI=1S/C24H23N3O3S.ClH/c1-17(25)19-9-13-22(14-10-19)27(3)31(29,30)23-6-4-5-20(16-23)24(28)15-18-7-11-21(26-2)12-8-18;/h4-14,16-17H,15,25H2,1,3H3;1H/t17-;/m1./s1. The van der Waals surface area contributed by atoms with Crippen LogP contribution in [0.2, 0.25) is 0 Å². The van der Waals surface area contributed by atoms with Crippen molar-refractivity contribution in [1.29, 1.82) is 0 Å². The molecule has 6 nitrogen and oxygen atoms in total. The molecule has 32 heavy (non-hydrogen) atoms. The Morgan fingerprint density at radius 3 is 2.25 bits per heavy atom. The lowest BCUT2D eigenvalue weighted by Gasteiger charge is -2.20. The minimum atomic E-state index is -3.85. The summed E-state index contributed by atoms with van der Waals surface area (Å²) >= 11 is 0. The number of carbonyl (C=O) groups is 1. The number of anilines is 1. The summed E-state index contributed by atoms with van der Waals surface area (Å²) in [6.07, 6.45) is 0.121. The second kappa shape index (κ2) is 10.4. The number of Topliss-reactive ketones (excluding diaryl/α,β-unsaturated/α-hetero) is 1. The molecule has 0 amide bonds. The Kier molecular flexibility index (Phi) is 8.17. The monoisotopic (exact) mass is 469 g/mol. The molecule has 3 aromatic carbocycles. The van der Waals surface area contributed by atoms with Crippen LogP contribution in [0.3, 0.4) is 0 Å². The fraction of sp³-hybridized carbons (Fsp3) is 0.167. The third kappa shape index (κ3) is 5.54. The van der Waals surface area contributed by atoms with E-state index in [2.05, 4.69) is 4.85 Å². The number of hydrogen-bond acceptors (Lipinski definition) is 4. The van der Waals surface area contributed by atoms with Gasteiger partial charge < -0.3 is 5.73 Å². The predicted octanol–water partition coefficient (Wildman–Crippen LogP) is 4.93. The summed E-state index contributed by atoms with van der Waals surface area (Å²) in [4.78, 5) is 16.1. The van der Waals surface area contributed by atoms with E-state index in [0.29, 0.717) is 16.9 Å². The van der Waals surface area contributed by atoms with Crippen LogP contribution in [-0.4, -0.2) is 21.2 Å². The van der Waals surface area contributed by atoms with Gasteiger partial charge >= 0.3 is 0 Å². The highest BCUT2D eigenvalue weighted by Gasteiger charge is 2.22. The molecule has 0 saturated carbocycles. The number of ketones is 1. The molecule has 0 unspecified atom stereocenters. The lowest BCUT2D eigenvalue weighted by molar-refractivity contribution is 0.0992. The van der Waals surface area contributed by atoms with E-state index < -0.39 is 10.0 Å². The Bertz CT molecular complexity index is 1230. The molecule has 0 aliphatic carbocycles. The van der Waals surface area contributed by atoms with E-state index in [0.717, 1.165) is 11.1 Å². The molecule has 0 aromatic heterocycles. The Hall–Kier alpha value is -3.18. The number of halogens is 1. The summed E-state index contributed by atoms with van der Waals surface area (Å²) in [5.74, 6) is -0.198. The number of carbonyl (C=O) groups excluding carboxylic acids is 1. The zero-order valence-corrected chi connectivity index (χ0v) is 19.4. The van der Waals surface area contributed by atoms with E-state index in [9.17, 15) is 13.2 Å². The molecule has 0 radical (unpaired) electrons. The van der Waals surface area contributed by atoms with Gasteiger partial charge in [0.1, 0.15) is 0 Å². The van der Waals surface area contributed by atoms with Gasteiger partial charge in [-0.3, -0.25) is 9.10 Å². The lowest BCUT2D eigenvalue weighted by Crippen LogP contribution is -2.26. The van der Waals surface area contributed by atoms with Gasteiger partial charge in [0.2, 0.25) is 0 Å². The minimum absolute atomic E-state index is 0. The molecule has 0 bridgehead atoms. The van der Waals surface area contributed by atoms with Crippen molar-refractivity contribution in [1.82, 2.24) is 0 Å². The maximum Gasteiger partial charge on any atom is 0.264 e. The van der Waals surface area contributed by atoms with Crippen molar-refractivity contribution in [2.24, 2.45) is 5.73 Å². The van der Waals surface area contributed by atoms with E-state index in [1.807, 2.05) is 6.92 Å². The van der Waals surface area contributed by atoms with Crippen molar-refractivity contribution in [3.05, 3.63) is 101 Å². The van der Waals surface area contributed by atoms with Crippen molar-refractivity contribution in [2.45, 2.75) is 24.3 Å². The molecular formula is C24H24ClN3O3S. The first-order chi connectivity index (χ1) is 14.7. The van der Waals surface area contributed by atoms with Gasteiger partial charge in [0.15, 0.2) is 11.5 Å². The SMILES string of the molecule is Cl.[C-]#[N+]c1ccc(CC(=O)c2cccc(S(=O)(=O)N(C)c3ccc([C@@H](C)N)cc3)c2)cc1. The summed E-state index contributed by atoms with van der Waals surface area (Å²) in [7, 11) is -2.37. The first-order valence-corrected chi connectivity index (χ1v) is 11.1. The average molecular weight is 470 g/mol. The quantitative estimate of drug-likeness (QED) is 0.392. The molecule has 0 aliphatic heterocycles. The van der Waals surface area contributed by atoms with Crippen molar-refractivity contribution in [3.63, 3.8) is 0 Å². The fourth-order valence-electron chi connectivity index (χ4n) is 3.09. The van der Waals surface area contributed by atoms with E-state index in [1.165, 1.54) is 23.5 Å². The normalized spacial score (nSPS) is 11.7. The van der Waals surface area contributed by atoms with Crippen molar-refractivity contribution >= 4 is 39.6 Å². The third-order valence-corrected chi connectivity index (χ3v) is 6.81. The molecule has 3 aromatic rings. The zero-order valence-electron chi connectivity index (χ0n) is 17.7. The van der Waals surface area contributed by atoms with Gasteiger partial charge in [-0.1, -0.05) is 48.5 Å².